The number of thiol groups is 1. The van der Waals surface area contributed by atoms with Gasteiger partial charge in [0.05, 0.1) is 5.56 Å². The van der Waals surface area contributed by atoms with E-state index in [1.807, 2.05) is 24.3 Å². The first-order chi connectivity index (χ1) is 16.3. The maximum Gasteiger partial charge on any atom is 0.414 e. The first-order valence-electron chi connectivity index (χ1n) is 9.73. The minimum atomic E-state index is -3.92. The summed E-state index contributed by atoms with van der Waals surface area (Å²) in [5, 5.41) is 0. The number of pyridine rings is 1. The van der Waals surface area contributed by atoms with E-state index in [-0.39, 0.29) is 10.5 Å². The summed E-state index contributed by atoms with van der Waals surface area (Å²) in [4.78, 5) is 24.3. The Morgan fingerprint density at radius 2 is 1.71 bits per heavy atom. The van der Waals surface area contributed by atoms with Crippen LogP contribution in [0.15, 0.2) is 88.9 Å². The number of alkyl halides is 2. The van der Waals surface area contributed by atoms with Gasteiger partial charge in [-0.05, 0) is 28.3 Å². The van der Waals surface area contributed by atoms with Crippen molar-refractivity contribution in [3.8, 4) is 17.0 Å². The lowest BCUT2D eigenvalue weighted by atomic mass is 10.1. The van der Waals surface area contributed by atoms with Gasteiger partial charge in [-0.15, -0.1) is 17.6 Å². The Morgan fingerprint density at radius 3 is 2.32 bits per heavy atom. The second kappa shape index (κ2) is 11.3. The minimum Gasteiger partial charge on any atom is -0.487 e. The average Bonchev–Trinajstić information content (AvgIpc) is 2.85. The third-order valence-corrected chi connectivity index (χ3v) is 4.82. The number of nitrogens with two attached hydrogens (primary N) is 1. The molecule has 0 saturated carbocycles. The Labute approximate surface area is 197 Å². The number of nitrogens with zero attached hydrogens (tertiary/aromatic N) is 2. The van der Waals surface area contributed by atoms with Crippen LogP contribution in [0.3, 0.4) is 0 Å². The van der Waals surface area contributed by atoms with Crippen molar-refractivity contribution in [2.75, 3.05) is 5.73 Å². The van der Waals surface area contributed by atoms with E-state index in [1.165, 1.54) is 30.5 Å². The monoisotopic (exact) mass is 488 g/mol. The lowest BCUT2D eigenvalue weighted by Crippen LogP contribution is -2.14. The molecule has 4 rings (SSSR count). The zero-order valence-electron chi connectivity index (χ0n) is 17.5. The van der Waals surface area contributed by atoms with Crippen molar-refractivity contribution in [2.24, 2.45) is 0 Å². The van der Waals surface area contributed by atoms with Crippen LogP contribution in [0.1, 0.15) is 11.1 Å². The zero-order valence-corrected chi connectivity index (χ0v) is 18.4. The number of ether oxygens (including phenoxy) is 1. The number of aromatic amines is 1. The summed E-state index contributed by atoms with van der Waals surface area (Å²) in [6, 6.07) is 16.0. The fraction of sp³-hybridized carbons (Fsp3) is 0.0870. The highest BCUT2D eigenvalue weighted by Crippen LogP contribution is 2.33. The number of benzene rings is 2. The molecule has 0 fully saturated rings. The number of halogens is 3. The molecule has 0 amide bonds. The number of nitrogens with one attached hydrogen (secondary N) is 1. The van der Waals surface area contributed by atoms with Crippen LogP contribution < -0.4 is 16.0 Å². The number of aromatic nitrogens is 3. The molecule has 0 saturated heterocycles. The number of H-pyrrole nitrogens is 1. The Morgan fingerprint density at radius 1 is 1.00 bits per heavy atom. The van der Waals surface area contributed by atoms with Crippen molar-refractivity contribution in [1.29, 1.82) is 0 Å². The molecule has 34 heavy (non-hydrogen) atoms. The van der Waals surface area contributed by atoms with Gasteiger partial charge < -0.3 is 15.5 Å². The maximum absolute atomic E-state index is 12.5. The number of hydrogen-bond donors (Lipinski definition) is 3. The highest BCUT2D eigenvalue weighted by molar-refractivity contribution is 7.80. The van der Waals surface area contributed by atoms with E-state index in [4.69, 9.17) is 10.5 Å². The molecule has 0 bridgehead atoms. The van der Waals surface area contributed by atoms with Gasteiger partial charge in [0.15, 0.2) is 0 Å². The molecule has 2 heterocycles. The van der Waals surface area contributed by atoms with Crippen LogP contribution in [0.4, 0.5) is 19.1 Å². The van der Waals surface area contributed by atoms with Gasteiger partial charge in [0.2, 0.25) is 5.56 Å². The summed E-state index contributed by atoms with van der Waals surface area (Å²) in [7, 11) is 0. The van der Waals surface area contributed by atoms with Gasteiger partial charge in [0.25, 0.3) is 0 Å². The Bertz CT molecular complexity index is 1270. The second-order valence-corrected chi connectivity index (χ2v) is 7.26. The first-order valence-corrected chi connectivity index (χ1v) is 10.2. The van der Waals surface area contributed by atoms with E-state index in [9.17, 15) is 18.1 Å². The van der Waals surface area contributed by atoms with Crippen molar-refractivity contribution in [1.82, 2.24) is 15.0 Å². The molecule has 0 spiro atoms. The summed E-state index contributed by atoms with van der Waals surface area (Å²) in [6.07, 6.45) is 0.791. The van der Waals surface area contributed by atoms with Crippen LogP contribution in [0, 0.1) is 0 Å². The minimum absolute atomic E-state index is 0.0137. The molecular weight excluding hydrogens is 469 g/mol. The third-order valence-electron chi connectivity index (χ3n) is 4.43. The summed E-state index contributed by atoms with van der Waals surface area (Å²) < 4.78 is 41.9. The smallest absolute Gasteiger partial charge is 0.414 e. The van der Waals surface area contributed by atoms with Gasteiger partial charge in [0, 0.05) is 35.1 Å². The van der Waals surface area contributed by atoms with Gasteiger partial charge in [-0.25, -0.2) is 4.98 Å². The summed E-state index contributed by atoms with van der Waals surface area (Å²) in [6.45, 7) is 0.405. The normalized spacial score (nSPS) is 10.8. The Kier molecular flexibility index (Phi) is 8.28. The molecule has 2 aromatic carbocycles. The highest BCUT2D eigenvalue weighted by atomic mass is 32.1. The average molecular weight is 488 g/mol. The van der Waals surface area contributed by atoms with Crippen LogP contribution in [0.25, 0.3) is 11.3 Å². The molecule has 11 heteroatoms. The van der Waals surface area contributed by atoms with Crippen LogP contribution in [-0.2, 0) is 17.7 Å². The van der Waals surface area contributed by atoms with Crippen molar-refractivity contribution >= 4 is 18.4 Å². The lowest BCUT2D eigenvalue weighted by Gasteiger charge is -2.11. The van der Waals surface area contributed by atoms with Gasteiger partial charge in [-0.3, -0.25) is 9.78 Å². The van der Waals surface area contributed by atoms with Gasteiger partial charge in [0.1, 0.15) is 23.9 Å². The van der Waals surface area contributed by atoms with E-state index in [0.717, 1.165) is 17.2 Å². The molecule has 7 nitrogen and oxygen atoms in total. The third kappa shape index (κ3) is 6.59. The van der Waals surface area contributed by atoms with E-state index in [2.05, 4.69) is 32.5 Å². The molecule has 0 aliphatic heterocycles. The number of hydrogen-bond acceptors (Lipinski definition) is 7. The highest BCUT2D eigenvalue weighted by Gasteiger charge is 2.35. The Balaban J connectivity index is 0.000000229. The summed E-state index contributed by atoms with van der Waals surface area (Å²) in [5.41, 5.74) is 7.63. The molecule has 0 aliphatic carbocycles. The van der Waals surface area contributed by atoms with Crippen LogP contribution >= 0.6 is 12.6 Å². The zero-order chi connectivity index (χ0) is 24.6. The molecule has 176 valence electrons. The lowest BCUT2D eigenvalue weighted by molar-refractivity contribution is -0.365. The molecule has 0 unspecified atom stereocenters. The van der Waals surface area contributed by atoms with Crippen LogP contribution in [-0.4, -0.2) is 15.0 Å². The summed E-state index contributed by atoms with van der Waals surface area (Å²) >= 11 is 3.72. The topological polar surface area (TPSA) is 103 Å². The van der Waals surface area contributed by atoms with Crippen molar-refractivity contribution in [3.63, 3.8) is 0 Å². The molecule has 4 aromatic rings. The van der Waals surface area contributed by atoms with E-state index < -0.39 is 11.7 Å². The van der Waals surface area contributed by atoms with E-state index in [1.54, 1.807) is 18.5 Å². The number of anilines is 1. The molecule has 0 aliphatic rings. The molecule has 2 aromatic heterocycles. The van der Waals surface area contributed by atoms with E-state index in [0.29, 0.717) is 23.9 Å². The fourth-order valence-corrected chi connectivity index (χ4v) is 3.03. The van der Waals surface area contributed by atoms with E-state index >= 15 is 0 Å². The standard InChI is InChI=1S/C16H14N4O2.C7H5F3OS/c17-16-15(18-7-8-19-16)12-3-1-11(2-4-12)10-22-13-5-6-14(21)20-9-13;8-7(9,11-10)5-3-1-2-4-6(5)12/h1-9H,10H2,(H2,17,19)(H,20,21);1-4,12H. The predicted octanol–water partition coefficient (Wildman–Crippen LogP) is 4.92. The summed E-state index contributed by atoms with van der Waals surface area (Å²) in [5.74, 6) is 1.02. The van der Waals surface area contributed by atoms with Crippen molar-refractivity contribution in [2.45, 2.75) is 17.6 Å². The van der Waals surface area contributed by atoms with Gasteiger partial charge in [-0.2, -0.15) is 8.78 Å². The number of rotatable bonds is 6. The fourth-order valence-electron chi connectivity index (χ4n) is 2.74. The Hall–Kier alpha value is -3.83. The van der Waals surface area contributed by atoms with Crippen molar-refractivity contribution in [3.05, 3.63) is 101 Å². The van der Waals surface area contributed by atoms with Crippen LogP contribution in [0.2, 0.25) is 0 Å². The largest absolute Gasteiger partial charge is 0.487 e. The van der Waals surface area contributed by atoms with Gasteiger partial charge >= 0.3 is 6.11 Å². The number of nitrogen functional groups attached to an aromatic ring is 1. The maximum atomic E-state index is 12.5. The molecule has 3 N–H and O–H groups in total. The predicted molar refractivity (Wildman–Crippen MR) is 123 cm³/mol. The molecule has 0 atom stereocenters. The molecule has 0 radical (unpaired) electrons. The van der Waals surface area contributed by atoms with Gasteiger partial charge in [-0.1, -0.05) is 36.4 Å². The SMILES string of the molecule is FOC(F)(F)c1ccccc1S.Nc1nccnc1-c1ccc(COc2ccc(=O)[nH]c2)cc1. The van der Waals surface area contributed by atoms with Crippen LogP contribution in [0.5, 0.6) is 5.75 Å². The quantitative estimate of drug-likeness (QED) is 0.333. The van der Waals surface area contributed by atoms with Crippen molar-refractivity contribution < 1.29 is 23.0 Å². The second-order valence-electron chi connectivity index (χ2n) is 6.78. The first kappa shape index (κ1) is 24.8. The molecular formula is C23H19F3N4O3S.